The van der Waals surface area contributed by atoms with E-state index >= 15 is 0 Å². The number of carbonyl (C=O) groups excluding carboxylic acids is 2. The summed E-state index contributed by atoms with van der Waals surface area (Å²) in [6, 6.07) is 3.92. The van der Waals surface area contributed by atoms with Crippen LogP contribution in [0.5, 0.6) is 0 Å². The molecule has 1 fully saturated rings. The highest BCUT2D eigenvalue weighted by Crippen LogP contribution is 2.24. The predicted octanol–water partition coefficient (Wildman–Crippen LogP) is 4.69. The van der Waals surface area contributed by atoms with Gasteiger partial charge >= 0.3 is 6.18 Å². The minimum atomic E-state index is -4.47. The lowest BCUT2D eigenvalue weighted by molar-refractivity contribution is -0.161. The van der Waals surface area contributed by atoms with Crippen LogP contribution < -0.4 is 0 Å². The van der Waals surface area contributed by atoms with Crippen molar-refractivity contribution in [2.75, 3.05) is 20.1 Å². The average molecular weight is 407 g/mol. The van der Waals surface area contributed by atoms with Gasteiger partial charge in [-0.15, -0.1) is 0 Å². The molecule has 1 heterocycles. The first-order valence-corrected chi connectivity index (χ1v) is 9.37. The van der Waals surface area contributed by atoms with Crippen molar-refractivity contribution in [3.8, 4) is 0 Å². The van der Waals surface area contributed by atoms with E-state index in [0.29, 0.717) is 41.3 Å². The molecular formula is C19H26ClF3N2O2. The lowest BCUT2D eigenvalue weighted by Gasteiger charge is -2.37. The molecule has 8 heteroatoms. The van der Waals surface area contributed by atoms with Gasteiger partial charge in [-0.25, -0.2) is 0 Å². The topological polar surface area (TPSA) is 40.6 Å². The number of rotatable bonds is 3. The lowest BCUT2D eigenvalue weighted by atomic mass is 9.99. The number of alkyl halides is 3. The molecule has 0 aromatic heterocycles. The number of likely N-dealkylation sites (tertiary alicyclic amines) is 1. The summed E-state index contributed by atoms with van der Waals surface area (Å²) in [6.45, 7) is 4.77. The van der Waals surface area contributed by atoms with Crippen LogP contribution in [0.2, 0.25) is 5.02 Å². The first kappa shape index (κ1) is 23.3. The molecule has 2 amide bonds. The van der Waals surface area contributed by atoms with Gasteiger partial charge in [0, 0.05) is 24.2 Å². The fourth-order valence-electron chi connectivity index (χ4n) is 2.98. The minimum Gasteiger partial charge on any atom is -0.335 e. The Morgan fingerprint density at radius 3 is 2.44 bits per heavy atom. The van der Waals surface area contributed by atoms with Gasteiger partial charge in [0.1, 0.15) is 12.6 Å². The molecule has 0 spiro atoms. The third-order valence-corrected chi connectivity index (χ3v) is 4.67. The highest BCUT2D eigenvalue weighted by molar-refractivity contribution is 6.31. The summed E-state index contributed by atoms with van der Waals surface area (Å²) < 4.78 is 37.6. The summed E-state index contributed by atoms with van der Waals surface area (Å²) in [4.78, 5) is 27.2. The van der Waals surface area contributed by atoms with Gasteiger partial charge in [-0.2, -0.15) is 13.2 Å². The molecule has 1 aliphatic heterocycles. The van der Waals surface area contributed by atoms with Crippen LogP contribution in [0, 0.1) is 6.92 Å². The molecular weight excluding hydrogens is 381 g/mol. The van der Waals surface area contributed by atoms with E-state index < -0.39 is 24.7 Å². The Morgan fingerprint density at radius 1 is 1.26 bits per heavy atom. The molecule has 0 radical (unpaired) electrons. The van der Waals surface area contributed by atoms with Crippen LogP contribution in [0.15, 0.2) is 18.2 Å². The van der Waals surface area contributed by atoms with Gasteiger partial charge in [0.05, 0.1) is 0 Å². The Bertz CT molecular complexity index is 665. The van der Waals surface area contributed by atoms with Gasteiger partial charge in [-0.05, 0) is 49.9 Å². The van der Waals surface area contributed by atoms with Crippen LogP contribution in [-0.2, 0) is 4.79 Å². The van der Waals surface area contributed by atoms with Crippen molar-refractivity contribution in [2.24, 2.45) is 0 Å². The molecule has 1 atom stereocenters. The number of hydrogen-bond acceptors (Lipinski definition) is 2. The number of amides is 2. The summed E-state index contributed by atoms with van der Waals surface area (Å²) in [5.41, 5.74) is 1.10. The summed E-state index contributed by atoms with van der Waals surface area (Å²) in [7, 11) is 1.11. The van der Waals surface area contributed by atoms with E-state index in [9.17, 15) is 22.8 Å². The maximum atomic E-state index is 12.8. The van der Waals surface area contributed by atoms with Gasteiger partial charge in [0.2, 0.25) is 5.91 Å². The van der Waals surface area contributed by atoms with E-state index in [4.69, 9.17) is 11.6 Å². The standard InChI is InChI=1S/C17H20ClF3N2O2.C2H6/c1-11-9-12(6-7-13(11)18)15(24)23-8-4-3-5-14(23)16(25)22(2)10-17(19,20)21;1-2/h6-7,9,14H,3-5,8,10H2,1-2H3;1-2H3/t14-;/m1./s1. The van der Waals surface area contributed by atoms with Gasteiger partial charge < -0.3 is 9.80 Å². The zero-order chi connectivity index (χ0) is 20.8. The Kier molecular flexibility index (Phi) is 8.59. The molecule has 1 saturated heterocycles. The van der Waals surface area contributed by atoms with Crippen molar-refractivity contribution in [3.63, 3.8) is 0 Å². The first-order chi connectivity index (χ1) is 12.6. The van der Waals surface area contributed by atoms with Crippen LogP contribution in [0.25, 0.3) is 0 Å². The Hall–Kier alpha value is -1.76. The molecule has 1 aromatic rings. The fourth-order valence-corrected chi connectivity index (χ4v) is 3.09. The Labute approximate surface area is 163 Å². The number of hydrogen-bond donors (Lipinski definition) is 0. The first-order valence-electron chi connectivity index (χ1n) is 8.99. The quantitative estimate of drug-likeness (QED) is 0.730. The molecule has 2 rings (SSSR count). The summed E-state index contributed by atoms with van der Waals surface area (Å²) in [6.07, 6.45) is -2.70. The maximum Gasteiger partial charge on any atom is 0.406 e. The highest BCUT2D eigenvalue weighted by Gasteiger charge is 2.38. The van der Waals surface area contributed by atoms with Gasteiger partial charge in [-0.1, -0.05) is 25.4 Å². The van der Waals surface area contributed by atoms with E-state index in [1.807, 2.05) is 13.8 Å². The van der Waals surface area contributed by atoms with E-state index in [-0.39, 0.29) is 5.91 Å². The van der Waals surface area contributed by atoms with Crippen LogP contribution >= 0.6 is 11.6 Å². The van der Waals surface area contributed by atoms with E-state index in [2.05, 4.69) is 0 Å². The van der Waals surface area contributed by atoms with Crippen molar-refractivity contribution in [2.45, 2.75) is 52.3 Å². The molecule has 27 heavy (non-hydrogen) atoms. The normalized spacial score (nSPS) is 17.0. The molecule has 0 unspecified atom stereocenters. The van der Waals surface area contributed by atoms with Crippen molar-refractivity contribution in [1.29, 1.82) is 0 Å². The van der Waals surface area contributed by atoms with E-state index in [1.165, 1.54) is 4.90 Å². The third kappa shape index (κ3) is 6.41. The fraction of sp³-hybridized carbons (Fsp3) is 0.579. The maximum absolute atomic E-state index is 12.8. The second-order valence-electron chi connectivity index (χ2n) is 6.28. The second kappa shape index (κ2) is 9.97. The van der Waals surface area contributed by atoms with Crippen LogP contribution in [-0.4, -0.2) is 54.0 Å². The molecule has 0 bridgehead atoms. The van der Waals surface area contributed by atoms with Crippen LogP contribution in [0.1, 0.15) is 49.0 Å². The molecule has 0 N–H and O–H groups in total. The highest BCUT2D eigenvalue weighted by atomic mass is 35.5. The second-order valence-corrected chi connectivity index (χ2v) is 6.69. The third-order valence-electron chi connectivity index (χ3n) is 4.25. The number of halogens is 4. The van der Waals surface area contributed by atoms with Crippen LogP contribution in [0.3, 0.4) is 0 Å². The van der Waals surface area contributed by atoms with E-state index in [0.717, 1.165) is 12.6 Å². The number of likely N-dealkylation sites (N-methyl/N-ethyl adjacent to an activating group) is 1. The number of aryl methyl sites for hydroxylation is 1. The molecule has 1 aromatic carbocycles. The summed E-state index contributed by atoms with van der Waals surface area (Å²) >= 11 is 5.96. The molecule has 4 nitrogen and oxygen atoms in total. The number of benzene rings is 1. The van der Waals surface area contributed by atoms with E-state index in [1.54, 1.807) is 25.1 Å². The monoisotopic (exact) mass is 406 g/mol. The number of piperidine rings is 1. The number of carbonyl (C=O) groups is 2. The van der Waals surface area contributed by atoms with Crippen molar-refractivity contribution < 1.29 is 22.8 Å². The van der Waals surface area contributed by atoms with Crippen LogP contribution in [0.4, 0.5) is 13.2 Å². The zero-order valence-corrected chi connectivity index (χ0v) is 16.8. The number of nitrogens with zero attached hydrogens (tertiary/aromatic N) is 2. The van der Waals surface area contributed by atoms with Gasteiger partial charge in [0.25, 0.3) is 5.91 Å². The predicted molar refractivity (Wildman–Crippen MR) is 99.9 cm³/mol. The van der Waals surface area contributed by atoms with Gasteiger partial charge in [-0.3, -0.25) is 9.59 Å². The minimum absolute atomic E-state index is 0.344. The smallest absolute Gasteiger partial charge is 0.335 e. The molecule has 0 saturated carbocycles. The van der Waals surface area contributed by atoms with Crippen molar-refractivity contribution in [3.05, 3.63) is 34.3 Å². The Balaban J connectivity index is 0.00000176. The molecule has 152 valence electrons. The summed E-state index contributed by atoms with van der Waals surface area (Å²) in [5, 5.41) is 0.521. The largest absolute Gasteiger partial charge is 0.406 e. The van der Waals surface area contributed by atoms with Crippen molar-refractivity contribution in [1.82, 2.24) is 9.80 Å². The molecule has 1 aliphatic rings. The zero-order valence-electron chi connectivity index (χ0n) is 16.1. The summed E-state index contributed by atoms with van der Waals surface area (Å²) in [5.74, 6) is -1.05. The lowest BCUT2D eigenvalue weighted by Crippen LogP contribution is -2.53. The Morgan fingerprint density at radius 2 is 1.89 bits per heavy atom. The van der Waals surface area contributed by atoms with Gasteiger partial charge in [0.15, 0.2) is 0 Å². The van der Waals surface area contributed by atoms with Crippen molar-refractivity contribution >= 4 is 23.4 Å². The molecule has 0 aliphatic carbocycles. The average Bonchev–Trinajstić information content (AvgIpc) is 2.63. The SMILES string of the molecule is CC.Cc1cc(C(=O)N2CCCC[C@@H]2C(=O)N(C)CC(F)(F)F)ccc1Cl.